The predicted molar refractivity (Wildman–Crippen MR) is 96.2 cm³/mol. The zero-order valence-electron chi connectivity index (χ0n) is 14.6. The Hall–Kier alpha value is -1.99. The van der Waals surface area contributed by atoms with Crippen molar-refractivity contribution in [1.29, 1.82) is 0 Å². The zero-order chi connectivity index (χ0) is 17.2. The van der Waals surface area contributed by atoms with E-state index in [-0.39, 0.29) is 0 Å². The van der Waals surface area contributed by atoms with Crippen LogP contribution in [0.2, 0.25) is 0 Å². The Morgan fingerprint density at radius 3 is 2.88 bits per heavy atom. The summed E-state index contributed by atoms with van der Waals surface area (Å²) in [6, 6.07) is 5.69. The van der Waals surface area contributed by atoms with Crippen molar-refractivity contribution < 1.29 is 14.2 Å². The highest BCUT2D eigenvalue weighted by Gasteiger charge is 2.10. The molecule has 0 unspecified atom stereocenters. The van der Waals surface area contributed by atoms with Gasteiger partial charge in [0.25, 0.3) is 0 Å². The lowest BCUT2D eigenvalue weighted by Gasteiger charge is -2.15. The molecule has 1 aromatic rings. The summed E-state index contributed by atoms with van der Waals surface area (Å²) < 4.78 is 16.3. The Balaban J connectivity index is 1.77. The second-order valence-electron chi connectivity index (χ2n) is 5.75. The molecule has 0 aliphatic carbocycles. The van der Waals surface area contributed by atoms with Crippen molar-refractivity contribution in [2.24, 2.45) is 10.7 Å². The molecule has 0 atom stereocenters. The summed E-state index contributed by atoms with van der Waals surface area (Å²) >= 11 is 0. The number of hydrogen-bond acceptors (Lipinski definition) is 5. The molecule has 0 radical (unpaired) electrons. The van der Waals surface area contributed by atoms with Gasteiger partial charge < -0.3 is 30.2 Å². The molecule has 1 aliphatic heterocycles. The molecule has 7 nitrogen and oxygen atoms in total. The predicted octanol–water partition coefficient (Wildman–Crippen LogP) is 1.54. The highest BCUT2D eigenvalue weighted by atomic mass is 16.5. The van der Waals surface area contributed by atoms with Crippen molar-refractivity contribution in [2.75, 3.05) is 58.9 Å². The molecule has 1 heterocycles. The van der Waals surface area contributed by atoms with Crippen LogP contribution in [0.4, 0.5) is 5.69 Å². The number of ether oxygens (including phenoxy) is 3. The number of anilines is 1. The normalized spacial score (nSPS) is 14.5. The van der Waals surface area contributed by atoms with Crippen LogP contribution in [0.15, 0.2) is 23.2 Å². The standard InChI is InChI=1S/C17H28N4O3/c1-21(9-12-22-2)8-3-7-19-17(18)20-14-5-6-15-16(13-14)24-11-4-10-23-15/h5-6,13H,3-4,7-12H2,1-2H3,(H3,18,19,20). The van der Waals surface area contributed by atoms with Gasteiger partial charge in [-0.1, -0.05) is 0 Å². The number of fused-ring (bicyclic) bond motifs is 1. The van der Waals surface area contributed by atoms with Crippen molar-refractivity contribution in [3.05, 3.63) is 18.2 Å². The van der Waals surface area contributed by atoms with Crippen LogP contribution >= 0.6 is 0 Å². The van der Waals surface area contributed by atoms with Crippen LogP contribution in [0.3, 0.4) is 0 Å². The first kappa shape index (κ1) is 18.4. The number of likely N-dealkylation sites (N-methyl/N-ethyl adjacent to an activating group) is 1. The quantitative estimate of drug-likeness (QED) is 0.426. The molecule has 3 N–H and O–H groups in total. The van der Waals surface area contributed by atoms with Crippen LogP contribution < -0.4 is 20.5 Å². The molecule has 0 amide bonds. The van der Waals surface area contributed by atoms with Gasteiger partial charge in [0.15, 0.2) is 17.5 Å². The lowest BCUT2D eigenvalue weighted by atomic mass is 10.3. The lowest BCUT2D eigenvalue weighted by Crippen LogP contribution is -2.25. The maximum atomic E-state index is 5.94. The summed E-state index contributed by atoms with van der Waals surface area (Å²) in [5.74, 6) is 1.92. The Morgan fingerprint density at radius 2 is 2.08 bits per heavy atom. The fraction of sp³-hybridized carbons (Fsp3) is 0.588. The highest BCUT2D eigenvalue weighted by molar-refractivity contribution is 5.92. The number of nitrogens with one attached hydrogen (secondary N) is 1. The Morgan fingerprint density at radius 1 is 1.29 bits per heavy atom. The van der Waals surface area contributed by atoms with Crippen molar-refractivity contribution in [3.8, 4) is 11.5 Å². The van der Waals surface area contributed by atoms with Crippen LogP contribution in [0.5, 0.6) is 11.5 Å². The molecule has 7 heteroatoms. The van der Waals surface area contributed by atoms with Crippen molar-refractivity contribution in [1.82, 2.24) is 4.90 Å². The molecule has 1 aromatic carbocycles. The number of nitrogens with zero attached hydrogens (tertiary/aromatic N) is 2. The van der Waals surface area contributed by atoms with Crippen molar-refractivity contribution in [2.45, 2.75) is 12.8 Å². The number of rotatable bonds is 8. The third-order valence-corrected chi connectivity index (χ3v) is 3.68. The number of aliphatic imine (C=N–C) groups is 1. The first-order chi connectivity index (χ1) is 11.7. The second-order valence-corrected chi connectivity index (χ2v) is 5.75. The van der Waals surface area contributed by atoms with E-state index in [1.54, 1.807) is 7.11 Å². The van der Waals surface area contributed by atoms with Gasteiger partial charge in [0, 0.05) is 38.4 Å². The summed E-state index contributed by atoms with van der Waals surface area (Å²) in [6.45, 7) is 4.66. The van der Waals surface area contributed by atoms with Gasteiger partial charge in [-0.2, -0.15) is 0 Å². The minimum Gasteiger partial charge on any atom is -0.490 e. The number of nitrogens with two attached hydrogens (primary N) is 1. The Labute approximate surface area is 143 Å². The number of guanidine groups is 1. The number of hydrogen-bond donors (Lipinski definition) is 2. The molecule has 134 valence electrons. The molecule has 0 fully saturated rings. The smallest absolute Gasteiger partial charge is 0.193 e. The zero-order valence-corrected chi connectivity index (χ0v) is 14.6. The highest BCUT2D eigenvalue weighted by Crippen LogP contribution is 2.32. The fourth-order valence-corrected chi connectivity index (χ4v) is 2.33. The van der Waals surface area contributed by atoms with Crippen LogP contribution in [0.25, 0.3) is 0 Å². The summed E-state index contributed by atoms with van der Waals surface area (Å²) in [5.41, 5.74) is 6.79. The van der Waals surface area contributed by atoms with E-state index in [0.717, 1.165) is 49.7 Å². The van der Waals surface area contributed by atoms with Gasteiger partial charge in [-0.05, 0) is 32.1 Å². The van der Waals surface area contributed by atoms with E-state index in [2.05, 4.69) is 22.3 Å². The number of methoxy groups -OCH3 is 1. The Bertz CT molecular complexity index is 537. The largest absolute Gasteiger partial charge is 0.490 e. The van der Waals surface area contributed by atoms with Gasteiger partial charge in [0.2, 0.25) is 0 Å². The van der Waals surface area contributed by atoms with Crippen LogP contribution in [-0.4, -0.2) is 64.5 Å². The van der Waals surface area contributed by atoms with Gasteiger partial charge in [-0.15, -0.1) is 0 Å². The molecule has 2 rings (SSSR count). The molecular formula is C17H28N4O3. The van der Waals surface area contributed by atoms with E-state index in [9.17, 15) is 0 Å². The van der Waals surface area contributed by atoms with Crippen LogP contribution in [-0.2, 0) is 4.74 Å². The van der Waals surface area contributed by atoms with E-state index in [1.807, 2.05) is 18.2 Å². The number of benzene rings is 1. The van der Waals surface area contributed by atoms with Gasteiger partial charge in [-0.3, -0.25) is 4.99 Å². The molecule has 1 aliphatic rings. The van der Waals surface area contributed by atoms with Gasteiger partial charge in [0.05, 0.1) is 19.8 Å². The minimum atomic E-state index is 0.407. The van der Waals surface area contributed by atoms with E-state index < -0.39 is 0 Å². The molecule has 24 heavy (non-hydrogen) atoms. The second kappa shape index (κ2) is 10.00. The summed E-state index contributed by atoms with van der Waals surface area (Å²) in [6.07, 6.45) is 1.84. The van der Waals surface area contributed by atoms with E-state index in [0.29, 0.717) is 25.7 Å². The minimum absolute atomic E-state index is 0.407. The Kier molecular flexibility index (Phi) is 7.64. The third-order valence-electron chi connectivity index (χ3n) is 3.68. The molecule has 0 spiro atoms. The molecule has 0 saturated carbocycles. The monoisotopic (exact) mass is 336 g/mol. The maximum Gasteiger partial charge on any atom is 0.193 e. The van der Waals surface area contributed by atoms with Crippen molar-refractivity contribution >= 4 is 11.6 Å². The summed E-state index contributed by atoms with van der Waals surface area (Å²) in [5, 5.41) is 3.09. The van der Waals surface area contributed by atoms with E-state index >= 15 is 0 Å². The lowest BCUT2D eigenvalue weighted by molar-refractivity contribution is 0.161. The van der Waals surface area contributed by atoms with Gasteiger partial charge >= 0.3 is 0 Å². The van der Waals surface area contributed by atoms with Crippen molar-refractivity contribution in [3.63, 3.8) is 0 Å². The SMILES string of the molecule is COCCN(C)CCCN=C(N)Nc1ccc2c(c1)OCCCO2. The van der Waals surface area contributed by atoms with E-state index in [1.165, 1.54) is 0 Å². The van der Waals surface area contributed by atoms with Gasteiger partial charge in [0.1, 0.15) is 0 Å². The third kappa shape index (κ3) is 6.25. The van der Waals surface area contributed by atoms with E-state index in [4.69, 9.17) is 19.9 Å². The van der Waals surface area contributed by atoms with Gasteiger partial charge in [-0.25, -0.2) is 0 Å². The first-order valence-corrected chi connectivity index (χ1v) is 8.33. The molecule has 0 aromatic heterocycles. The summed E-state index contributed by atoms with van der Waals surface area (Å²) in [4.78, 5) is 6.57. The molecular weight excluding hydrogens is 308 g/mol. The van der Waals surface area contributed by atoms with Crippen LogP contribution in [0.1, 0.15) is 12.8 Å². The van der Waals surface area contributed by atoms with Crippen LogP contribution in [0, 0.1) is 0 Å². The molecule has 0 saturated heterocycles. The first-order valence-electron chi connectivity index (χ1n) is 8.33. The average Bonchev–Trinajstić information content (AvgIpc) is 2.81. The maximum absolute atomic E-state index is 5.94. The topological polar surface area (TPSA) is 81.3 Å². The fourth-order valence-electron chi connectivity index (χ4n) is 2.33. The molecule has 0 bridgehead atoms. The average molecular weight is 336 g/mol. The summed E-state index contributed by atoms with van der Waals surface area (Å²) in [7, 11) is 3.78.